The second kappa shape index (κ2) is 5.46. The van der Waals surface area contributed by atoms with E-state index in [1.807, 2.05) is 15.8 Å². The highest BCUT2D eigenvalue weighted by atomic mass is 16.2. The summed E-state index contributed by atoms with van der Waals surface area (Å²) in [6.07, 6.45) is 8.96. The van der Waals surface area contributed by atoms with E-state index in [1.165, 1.54) is 19.3 Å². The summed E-state index contributed by atoms with van der Waals surface area (Å²) in [5.41, 5.74) is 6.56. The number of aromatic nitrogens is 2. The van der Waals surface area contributed by atoms with Crippen LogP contribution in [0, 0.1) is 5.92 Å². The Kier molecular flexibility index (Phi) is 3.68. The first-order valence-corrected chi connectivity index (χ1v) is 7.79. The summed E-state index contributed by atoms with van der Waals surface area (Å²) in [5, 5.41) is 4.37. The lowest BCUT2D eigenvalue weighted by Crippen LogP contribution is -2.39. The molecule has 110 valence electrons. The van der Waals surface area contributed by atoms with Crippen molar-refractivity contribution >= 4 is 11.7 Å². The summed E-state index contributed by atoms with van der Waals surface area (Å²) in [6, 6.07) is 0.430. The molecular weight excluding hydrogens is 252 g/mol. The maximum Gasteiger partial charge on any atom is 0.259 e. The average Bonchev–Trinajstić information content (AvgIpc) is 3.07. The maximum atomic E-state index is 12.6. The minimum atomic E-state index is 0.0540. The quantitative estimate of drug-likeness (QED) is 0.902. The molecule has 2 heterocycles. The zero-order valence-corrected chi connectivity index (χ0v) is 12.2. The van der Waals surface area contributed by atoms with Gasteiger partial charge in [0.1, 0.15) is 5.56 Å². The van der Waals surface area contributed by atoms with Crippen LogP contribution in [0.5, 0.6) is 0 Å². The van der Waals surface area contributed by atoms with Crippen molar-refractivity contribution in [1.82, 2.24) is 14.7 Å². The van der Waals surface area contributed by atoms with E-state index in [0.717, 1.165) is 32.4 Å². The first-order valence-electron chi connectivity index (χ1n) is 7.79. The van der Waals surface area contributed by atoms with Crippen LogP contribution in [0.1, 0.15) is 61.8 Å². The van der Waals surface area contributed by atoms with Crippen LogP contribution in [0.2, 0.25) is 0 Å². The van der Waals surface area contributed by atoms with Gasteiger partial charge in [-0.3, -0.25) is 9.48 Å². The molecule has 0 spiro atoms. The first-order chi connectivity index (χ1) is 9.65. The van der Waals surface area contributed by atoms with Crippen LogP contribution in [0.15, 0.2) is 6.20 Å². The monoisotopic (exact) mass is 276 g/mol. The molecule has 1 saturated heterocycles. The van der Waals surface area contributed by atoms with Gasteiger partial charge in [-0.2, -0.15) is 5.10 Å². The minimum absolute atomic E-state index is 0.0540. The van der Waals surface area contributed by atoms with Crippen LogP contribution < -0.4 is 5.73 Å². The number of anilines is 1. The lowest BCUT2D eigenvalue weighted by molar-refractivity contribution is 0.0684. The molecule has 1 aromatic heterocycles. The van der Waals surface area contributed by atoms with Gasteiger partial charge < -0.3 is 10.6 Å². The van der Waals surface area contributed by atoms with E-state index in [1.54, 1.807) is 0 Å². The third-order valence-electron chi connectivity index (χ3n) is 4.63. The van der Waals surface area contributed by atoms with Crippen molar-refractivity contribution in [2.75, 3.05) is 18.8 Å². The van der Waals surface area contributed by atoms with Gasteiger partial charge in [-0.15, -0.1) is 0 Å². The molecule has 1 unspecified atom stereocenters. The fraction of sp³-hybridized carbons (Fsp3) is 0.733. The summed E-state index contributed by atoms with van der Waals surface area (Å²) in [5.74, 6) is 1.03. The second-order valence-electron chi connectivity index (χ2n) is 6.34. The highest BCUT2D eigenvalue weighted by molar-refractivity contribution is 5.98. The van der Waals surface area contributed by atoms with Crippen LogP contribution in [0.25, 0.3) is 0 Å². The Morgan fingerprint density at radius 1 is 1.30 bits per heavy atom. The van der Waals surface area contributed by atoms with Gasteiger partial charge in [0, 0.05) is 19.3 Å². The lowest BCUT2D eigenvalue weighted by Gasteiger charge is -2.30. The molecule has 2 N–H and O–H groups in total. The molecule has 0 bridgehead atoms. The number of hydrogen-bond acceptors (Lipinski definition) is 3. The summed E-state index contributed by atoms with van der Waals surface area (Å²) in [6.45, 7) is 3.88. The van der Waals surface area contributed by atoms with Crippen molar-refractivity contribution in [2.45, 2.75) is 51.5 Å². The van der Waals surface area contributed by atoms with Crippen molar-refractivity contribution in [1.29, 1.82) is 0 Å². The van der Waals surface area contributed by atoms with E-state index < -0.39 is 0 Å². The molecule has 1 aromatic rings. The lowest BCUT2D eigenvalue weighted by atomic mass is 10.00. The van der Waals surface area contributed by atoms with Gasteiger partial charge in [0.15, 0.2) is 5.82 Å². The number of carbonyl (C=O) groups is 1. The van der Waals surface area contributed by atoms with E-state index in [9.17, 15) is 4.79 Å². The minimum Gasteiger partial charge on any atom is -0.382 e. The van der Waals surface area contributed by atoms with Crippen LogP contribution in [-0.4, -0.2) is 33.7 Å². The Bertz CT molecular complexity index is 490. The van der Waals surface area contributed by atoms with Gasteiger partial charge >= 0.3 is 0 Å². The van der Waals surface area contributed by atoms with Gasteiger partial charge in [-0.25, -0.2) is 0 Å². The number of carbonyl (C=O) groups excluding carboxylic acids is 1. The van der Waals surface area contributed by atoms with Gasteiger partial charge in [0.05, 0.1) is 6.04 Å². The number of nitrogens with two attached hydrogens (primary N) is 1. The summed E-state index contributed by atoms with van der Waals surface area (Å²) in [4.78, 5) is 14.5. The van der Waals surface area contributed by atoms with Crippen molar-refractivity contribution < 1.29 is 4.79 Å². The van der Waals surface area contributed by atoms with Crippen LogP contribution >= 0.6 is 0 Å². The second-order valence-corrected chi connectivity index (χ2v) is 6.34. The number of amides is 1. The predicted octanol–water partition coefficient (Wildman–Crippen LogP) is 2.45. The largest absolute Gasteiger partial charge is 0.382 e. The smallest absolute Gasteiger partial charge is 0.259 e. The van der Waals surface area contributed by atoms with Crippen molar-refractivity contribution in [3.05, 3.63) is 11.8 Å². The molecule has 1 aliphatic heterocycles. The third-order valence-corrected chi connectivity index (χ3v) is 4.63. The topological polar surface area (TPSA) is 64.2 Å². The first kappa shape index (κ1) is 13.5. The number of piperidine rings is 1. The molecule has 1 amide bonds. The third kappa shape index (κ3) is 2.53. The van der Waals surface area contributed by atoms with Gasteiger partial charge in [-0.05, 0) is 31.6 Å². The Labute approximate surface area is 120 Å². The molecular formula is C15H24N4O. The van der Waals surface area contributed by atoms with E-state index in [4.69, 9.17) is 5.73 Å². The standard InChI is InChI=1S/C15H24N4O/c1-11-5-4-8-18(9-11)15(20)13-10-19(17-14(13)16)12-6-2-3-7-12/h10-12H,2-9H2,1H3,(H2,16,17). The molecule has 1 atom stereocenters. The van der Waals surface area contributed by atoms with E-state index >= 15 is 0 Å². The zero-order chi connectivity index (χ0) is 14.1. The summed E-state index contributed by atoms with van der Waals surface area (Å²) < 4.78 is 1.92. The number of hydrogen-bond donors (Lipinski definition) is 1. The Hall–Kier alpha value is -1.52. The Balaban J connectivity index is 1.77. The molecule has 2 fully saturated rings. The van der Waals surface area contributed by atoms with E-state index in [-0.39, 0.29) is 5.91 Å². The van der Waals surface area contributed by atoms with Crippen LogP contribution in [0.3, 0.4) is 0 Å². The average molecular weight is 276 g/mol. The van der Waals surface area contributed by atoms with E-state index in [0.29, 0.717) is 23.3 Å². The summed E-state index contributed by atoms with van der Waals surface area (Å²) in [7, 11) is 0. The van der Waals surface area contributed by atoms with Crippen LogP contribution in [-0.2, 0) is 0 Å². The van der Waals surface area contributed by atoms with Gasteiger partial charge in [-0.1, -0.05) is 19.8 Å². The van der Waals surface area contributed by atoms with Gasteiger partial charge in [0.25, 0.3) is 5.91 Å². The number of rotatable bonds is 2. The summed E-state index contributed by atoms with van der Waals surface area (Å²) >= 11 is 0. The number of nitrogens with zero attached hydrogens (tertiary/aromatic N) is 3. The fourth-order valence-electron chi connectivity index (χ4n) is 3.47. The molecule has 0 aromatic carbocycles. The SMILES string of the molecule is CC1CCCN(C(=O)c2cn(C3CCCC3)nc2N)C1. The number of nitrogen functional groups attached to an aromatic ring is 1. The van der Waals surface area contributed by atoms with Crippen molar-refractivity contribution in [3.8, 4) is 0 Å². The predicted molar refractivity (Wildman–Crippen MR) is 78.4 cm³/mol. The van der Waals surface area contributed by atoms with Crippen molar-refractivity contribution in [3.63, 3.8) is 0 Å². The molecule has 5 nitrogen and oxygen atoms in total. The zero-order valence-electron chi connectivity index (χ0n) is 12.2. The molecule has 0 radical (unpaired) electrons. The molecule has 5 heteroatoms. The molecule has 1 saturated carbocycles. The molecule has 2 aliphatic rings. The fourth-order valence-corrected chi connectivity index (χ4v) is 3.47. The Morgan fingerprint density at radius 2 is 2.05 bits per heavy atom. The maximum absolute atomic E-state index is 12.6. The normalized spacial score (nSPS) is 24.2. The molecule has 1 aliphatic carbocycles. The Morgan fingerprint density at radius 3 is 2.75 bits per heavy atom. The van der Waals surface area contributed by atoms with Gasteiger partial charge in [0.2, 0.25) is 0 Å². The highest BCUT2D eigenvalue weighted by Crippen LogP contribution is 2.30. The van der Waals surface area contributed by atoms with E-state index in [2.05, 4.69) is 12.0 Å². The molecule has 20 heavy (non-hydrogen) atoms. The highest BCUT2D eigenvalue weighted by Gasteiger charge is 2.26. The van der Waals surface area contributed by atoms with Crippen LogP contribution in [0.4, 0.5) is 5.82 Å². The van der Waals surface area contributed by atoms with Crippen molar-refractivity contribution in [2.24, 2.45) is 5.92 Å². The number of likely N-dealkylation sites (tertiary alicyclic amines) is 1. The molecule has 3 rings (SSSR count).